The van der Waals surface area contributed by atoms with Gasteiger partial charge in [0.15, 0.2) is 11.5 Å². The number of anilines is 3. The molecule has 0 fully saturated rings. The molecule has 0 aliphatic heterocycles. The van der Waals surface area contributed by atoms with Crippen molar-refractivity contribution in [2.45, 2.75) is 16.7 Å². The maximum absolute atomic E-state index is 13.0. The van der Waals surface area contributed by atoms with E-state index in [0.717, 1.165) is 6.07 Å². The minimum atomic E-state index is -4.92. The number of amides is 3. The maximum atomic E-state index is 13.0. The SMILES string of the molecule is CC(=O)Nc1ccc(N=Nc2c(S(=O)(=O)O)cc3cc(NC(=O)Nc4ccc5c(O)c(N=Nc6ccccc6)c(SOOO)cc5c4)ccc3c2O)cc1. The summed E-state index contributed by atoms with van der Waals surface area (Å²) in [6.45, 7) is 1.35. The predicted octanol–water partition coefficient (Wildman–Crippen LogP) is 9.51. The second-order valence-corrected chi connectivity index (χ2v) is 13.4. The summed E-state index contributed by atoms with van der Waals surface area (Å²) >= 11 is 0.562. The van der Waals surface area contributed by atoms with E-state index < -0.39 is 32.5 Å². The van der Waals surface area contributed by atoms with Crippen LogP contribution in [0.2, 0.25) is 0 Å². The van der Waals surface area contributed by atoms with Gasteiger partial charge in [0, 0.05) is 34.8 Å². The number of nitrogens with zero attached hydrogens (tertiary/aromatic N) is 4. The first kappa shape index (κ1) is 37.3. The fourth-order valence-corrected chi connectivity index (χ4v) is 6.34. The molecule has 0 bridgehead atoms. The highest BCUT2D eigenvalue weighted by Crippen LogP contribution is 2.45. The summed E-state index contributed by atoms with van der Waals surface area (Å²) in [6, 6.07) is 25.7. The van der Waals surface area contributed by atoms with Crippen LogP contribution >= 0.6 is 12.0 Å². The lowest BCUT2D eigenvalue weighted by atomic mass is 10.1. The smallest absolute Gasteiger partial charge is 0.323 e. The Morgan fingerprint density at radius 2 is 1.20 bits per heavy atom. The summed E-state index contributed by atoms with van der Waals surface area (Å²) in [6.07, 6.45) is 0. The monoisotopic (exact) mass is 769 g/mol. The summed E-state index contributed by atoms with van der Waals surface area (Å²) in [7, 11) is -4.92. The van der Waals surface area contributed by atoms with Crippen LogP contribution in [0.1, 0.15) is 6.92 Å². The van der Waals surface area contributed by atoms with E-state index in [9.17, 15) is 32.8 Å². The molecule has 0 aliphatic carbocycles. The average Bonchev–Trinajstić information content (AvgIpc) is 3.13. The van der Waals surface area contributed by atoms with Crippen LogP contribution in [-0.4, -0.2) is 40.4 Å². The predicted molar refractivity (Wildman–Crippen MR) is 200 cm³/mol. The normalized spacial score (nSPS) is 11.8. The van der Waals surface area contributed by atoms with Gasteiger partial charge < -0.3 is 26.2 Å². The fourth-order valence-electron chi connectivity index (χ4n) is 5.18. The molecule has 0 atom stereocenters. The molecule has 0 saturated heterocycles. The molecular weight excluding hydrogens is 743 g/mol. The van der Waals surface area contributed by atoms with Gasteiger partial charge >= 0.3 is 6.03 Å². The molecule has 54 heavy (non-hydrogen) atoms. The van der Waals surface area contributed by atoms with Crippen LogP contribution in [0.15, 0.2) is 133 Å². The number of urea groups is 1. The molecule has 0 aliphatic rings. The first-order chi connectivity index (χ1) is 25.9. The minimum Gasteiger partial charge on any atom is -0.505 e. The molecule has 17 nitrogen and oxygen atoms in total. The van der Waals surface area contributed by atoms with E-state index in [1.807, 2.05) is 6.07 Å². The summed E-state index contributed by atoms with van der Waals surface area (Å²) in [5.74, 6) is -1.12. The van der Waals surface area contributed by atoms with Crippen molar-refractivity contribution in [3.63, 3.8) is 0 Å². The molecule has 6 aromatic carbocycles. The van der Waals surface area contributed by atoms with Gasteiger partial charge in [0.1, 0.15) is 16.3 Å². The zero-order chi connectivity index (χ0) is 38.4. The van der Waals surface area contributed by atoms with Crippen LogP contribution in [0.5, 0.6) is 11.5 Å². The molecule has 0 unspecified atom stereocenters. The molecule has 7 N–H and O–H groups in total. The Bertz CT molecular complexity index is 2570. The molecule has 0 heterocycles. The number of phenolic OH excluding ortho intramolecular Hbond substituents is 2. The number of phenols is 2. The number of carbonyl (C=O) groups excluding carboxylic acids is 2. The first-order valence-corrected chi connectivity index (χ1v) is 17.6. The summed E-state index contributed by atoms with van der Waals surface area (Å²) in [5.41, 5.74) is 1.31. The van der Waals surface area contributed by atoms with Gasteiger partial charge in [-0.05, 0) is 95.7 Å². The van der Waals surface area contributed by atoms with E-state index in [2.05, 4.69) is 45.8 Å². The van der Waals surface area contributed by atoms with Crippen LogP contribution in [0, 0.1) is 0 Å². The van der Waals surface area contributed by atoms with E-state index in [0.29, 0.717) is 39.9 Å². The van der Waals surface area contributed by atoms with Crippen LogP contribution in [0.3, 0.4) is 0 Å². The number of aromatic hydroxyl groups is 2. The Morgan fingerprint density at radius 3 is 1.78 bits per heavy atom. The van der Waals surface area contributed by atoms with Crippen molar-refractivity contribution in [1.82, 2.24) is 0 Å². The number of hydrogen-bond donors (Lipinski definition) is 7. The Morgan fingerprint density at radius 1 is 0.667 bits per heavy atom. The Hall–Kier alpha value is -6.48. The fraction of sp³-hybridized carbons (Fsp3) is 0.0286. The van der Waals surface area contributed by atoms with Gasteiger partial charge in [-0.2, -0.15) is 18.6 Å². The molecule has 19 heteroatoms. The molecule has 0 radical (unpaired) electrons. The van der Waals surface area contributed by atoms with Gasteiger partial charge in [-0.25, -0.2) is 10.1 Å². The zero-order valence-corrected chi connectivity index (χ0v) is 29.3. The van der Waals surface area contributed by atoms with E-state index in [1.54, 1.807) is 54.6 Å². The highest BCUT2D eigenvalue weighted by molar-refractivity contribution is 7.94. The van der Waals surface area contributed by atoms with Crippen molar-refractivity contribution in [2.75, 3.05) is 16.0 Å². The second-order valence-electron chi connectivity index (χ2n) is 11.3. The van der Waals surface area contributed by atoms with E-state index in [1.165, 1.54) is 43.3 Å². The summed E-state index contributed by atoms with van der Waals surface area (Å²) in [5, 5.41) is 59.6. The van der Waals surface area contributed by atoms with E-state index in [4.69, 9.17) is 5.26 Å². The van der Waals surface area contributed by atoms with E-state index in [-0.39, 0.29) is 44.4 Å². The van der Waals surface area contributed by atoms with Gasteiger partial charge in [0.05, 0.1) is 28.3 Å². The molecule has 0 saturated carbocycles. The molecule has 0 aromatic heterocycles. The van der Waals surface area contributed by atoms with Crippen LogP contribution < -0.4 is 16.0 Å². The highest BCUT2D eigenvalue weighted by atomic mass is 32.2. The van der Waals surface area contributed by atoms with Crippen molar-refractivity contribution in [1.29, 1.82) is 0 Å². The number of fused-ring (bicyclic) bond motifs is 2. The molecule has 6 aromatic rings. The third-order valence-corrected chi connectivity index (χ3v) is 9.01. The highest BCUT2D eigenvalue weighted by Gasteiger charge is 2.23. The number of hydrogen-bond acceptors (Lipinski definition) is 14. The molecule has 3 amide bonds. The Kier molecular flexibility index (Phi) is 11.1. The topological polar surface area (TPSA) is 253 Å². The third kappa shape index (κ3) is 8.75. The largest absolute Gasteiger partial charge is 0.505 e. The number of carbonyl (C=O) groups is 2. The van der Waals surface area contributed by atoms with Crippen molar-refractivity contribution in [3.8, 4) is 11.5 Å². The van der Waals surface area contributed by atoms with Gasteiger partial charge in [-0.1, -0.05) is 23.2 Å². The number of nitrogens with one attached hydrogen (secondary N) is 3. The quantitative estimate of drug-likeness (QED) is 0.0215. The standard InChI is InChI=1S/C35H27N7O10S2/c1-19(43)36-22-7-9-24(10-8-22)40-42-32-30(54(48,49)50)18-21-16-26(12-14-28(21)34(32)45)38-35(46)37-25-11-13-27-20(15-25)17-29(53-52-51-47)31(33(27)44)41-39-23-5-3-2-4-6-23/h2-18,44-45,47H,1H3,(H,36,43)(H2,37,38,46)(H,48,49,50). The Balaban J connectivity index is 1.23. The molecule has 274 valence electrons. The average molecular weight is 770 g/mol. The van der Waals surface area contributed by atoms with Crippen LogP contribution in [-0.2, 0) is 24.3 Å². The van der Waals surface area contributed by atoms with Gasteiger partial charge in [0.2, 0.25) is 5.91 Å². The van der Waals surface area contributed by atoms with E-state index >= 15 is 0 Å². The van der Waals surface area contributed by atoms with Crippen LogP contribution in [0.4, 0.5) is 44.6 Å². The number of benzene rings is 6. The lowest BCUT2D eigenvalue weighted by Gasteiger charge is -2.13. The van der Waals surface area contributed by atoms with Crippen molar-refractivity contribution >= 4 is 95.5 Å². The van der Waals surface area contributed by atoms with Crippen molar-refractivity contribution < 1.29 is 47.4 Å². The minimum absolute atomic E-state index is 0.0380. The lowest BCUT2D eigenvalue weighted by molar-refractivity contribution is -0.432. The third-order valence-electron chi connectivity index (χ3n) is 7.52. The van der Waals surface area contributed by atoms with Crippen LogP contribution in [0.25, 0.3) is 21.5 Å². The molecule has 0 spiro atoms. The Labute approximate surface area is 309 Å². The van der Waals surface area contributed by atoms with Gasteiger partial charge in [-0.15, -0.1) is 14.6 Å². The zero-order valence-electron chi connectivity index (χ0n) is 27.7. The molecule has 6 rings (SSSR count). The van der Waals surface area contributed by atoms with Gasteiger partial charge in [0.25, 0.3) is 10.1 Å². The molecular formula is C35H27N7O10S2. The summed E-state index contributed by atoms with van der Waals surface area (Å²) < 4.78 is 39.3. The number of rotatable bonds is 11. The van der Waals surface area contributed by atoms with Gasteiger partial charge in [-0.3, -0.25) is 9.35 Å². The van der Waals surface area contributed by atoms with Crippen molar-refractivity contribution in [2.24, 2.45) is 20.5 Å². The first-order valence-electron chi connectivity index (χ1n) is 15.5. The number of azo groups is 2. The maximum Gasteiger partial charge on any atom is 0.323 e. The van der Waals surface area contributed by atoms with Crippen molar-refractivity contribution in [3.05, 3.63) is 103 Å². The summed E-state index contributed by atoms with van der Waals surface area (Å²) in [4.78, 5) is 23.8. The second kappa shape index (κ2) is 16.0. The lowest BCUT2D eigenvalue weighted by Crippen LogP contribution is -2.19.